The van der Waals surface area contributed by atoms with Crippen molar-refractivity contribution in [2.75, 3.05) is 0 Å². The molecule has 214 valence electrons. The molecule has 0 fully saturated rings. The van der Waals surface area contributed by atoms with Crippen molar-refractivity contribution in [2.45, 2.75) is 0 Å². The van der Waals surface area contributed by atoms with Gasteiger partial charge in [-0.2, -0.15) is 0 Å². The van der Waals surface area contributed by atoms with Crippen LogP contribution in [0.15, 0.2) is 182 Å². The van der Waals surface area contributed by atoms with Gasteiger partial charge >= 0.3 is 0 Å². The number of hydrogen-bond acceptors (Lipinski definition) is 0. The van der Waals surface area contributed by atoms with Crippen molar-refractivity contribution in [1.29, 1.82) is 0 Å². The van der Waals surface area contributed by atoms with Crippen LogP contribution in [0.3, 0.4) is 0 Å². The average molecular weight is 583 g/mol. The van der Waals surface area contributed by atoms with E-state index in [9.17, 15) is 0 Å². The van der Waals surface area contributed by atoms with E-state index < -0.39 is 0 Å². The van der Waals surface area contributed by atoms with Gasteiger partial charge in [-0.1, -0.05) is 164 Å². The lowest BCUT2D eigenvalue weighted by Crippen LogP contribution is -1.93. The fraction of sp³-hybridized carbons (Fsp3) is 0. The number of fused-ring (bicyclic) bond motifs is 4. The van der Waals surface area contributed by atoms with Gasteiger partial charge in [-0.05, 0) is 106 Å². The van der Waals surface area contributed by atoms with Crippen molar-refractivity contribution in [3.8, 4) is 44.5 Å². The minimum Gasteiger partial charge on any atom is -0.0622 e. The molecule has 0 aliphatic carbocycles. The first kappa shape index (κ1) is 26.4. The summed E-state index contributed by atoms with van der Waals surface area (Å²) in [6.07, 6.45) is 0. The van der Waals surface area contributed by atoms with E-state index in [2.05, 4.69) is 182 Å². The Kier molecular flexibility index (Phi) is 6.25. The lowest BCUT2D eigenvalue weighted by atomic mass is 9.82. The molecular formula is C46H30. The number of hydrogen-bond donors (Lipinski definition) is 0. The molecule has 46 heavy (non-hydrogen) atoms. The quantitative estimate of drug-likeness (QED) is 0.181. The highest BCUT2D eigenvalue weighted by atomic mass is 14.2. The summed E-state index contributed by atoms with van der Waals surface area (Å²) in [7, 11) is 0. The van der Waals surface area contributed by atoms with Crippen LogP contribution in [-0.2, 0) is 0 Å². The molecule has 9 rings (SSSR count). The average Bonchev–Trinajstić information content (AvgIpc) is 3.13. The highest BCUT2D eigenvalue weighted by Gasteiger charge is 2.19. The molecule has 0 amide bonds. The Morgan fingerprint density at radius 1 is 0.217 bits per heavy atom. The highest BCUT2D eigenvalue weighted by Crippen LogP contribution is 2.47. The summed E-state index contributed by atoms with van der Waals surface area (Å²) in [5.74, 6) is 0. The normalized spacial score (nSPS) is 11.5. The molecule has 0 radical (unpaired) electrons. The first-order chi connectivity index (χ1) is 22.8. The molecule has 0 aliphatic rings. The predicted molar refractivity (Wildman–Crippen MR) is 198 cm³/mol. The van der Waals surface area contributed by atoms with Crippen LogP contribution in [-0.4, -0.2) is 0 Å². The lowest BCUT2D eigenvalue weighted by molar-refractivity contribution is 1.60. The molecule has 9 aromatic carbocycles. The molecule has 0 saturated carbocycles. The zero-order chi connectivity index (χ0) is 30.5. The summed E-state index contributed by atoms with van der Waals surface area (Å²) < 4.78 is 0. The van der Waals surface area contributed by atoms with Crippen LogP contribution < -0.4 is 0 Å². The third-order valence-corrected chi connectivity index (χ3v) is 9.43. The van der Waals surface area contributed by atoms with E-state index in [-0.39, 0.29) is 0 Å². The van der Waals surface area contributed by atoms with E-state index in [4.69, 9.17) is 0 Å². The molecule has 0 N–H and O–H groups in total. The molecule has 0 aliphatic heterocycles. The monoisotopic (exact) mass is 582 g/mol. The molecule has 0 heterocycles. The van der Waals surface area contributed by atoms with Crippen LogP contribution in [0, 0.1) is 0 Å². The van der Waals surface area contributed by atoms with Crippen molar-refractivity contribution in [2.24, 2.45) is 0 Å². The molecule has 0 aromatic heterocycles. The van der Waals surface area contributed by atoms with Crippen LogP contribution in [0.2, 0.25) is 0 Å². The molecule has 0 bridgehead atoms. The molecule has 0 spiro atoms. The van der Waals surface area contributed by atoms with Gasteiger partial charge < -0.3 is 0 Å². The SMILES string of the molecule is c1ccc(-c2ccccc2-c2c3ccccc3c(-c3ccc4ccccc4c3)c3cc(-c4ccc5ccccc5c4)ccc23)cc1. The fourth-order valence-corrected chi connectivity index (χ4v) is 7.24. The van der Waals surface area contributed by atoms with E-state index in [1.54, 1.807) is 0 Å². The zero-order valence-corrected chi connectivity index (χ0v) is 25.3. The van der Waals surface area contributed by atoms with Gasteiger partial charge in [-0.3, -0.25) is 0 Å². The number of rotatable bonds is 4. The lowest BCUT2D eigenvalue weighted by Gasteiger charge is -2.20. The van der Waals surface area contributed by atoms with E-state index in [1.807, 2.05) is 0 Å². The smallest absolute Gasteiger partial charge is 0.00201 e. The summed E-state index contributed by atoms with van der Waals surface area (Å²) in [6, 6.07) is 66.6. The second-order valence-electron chi connectivity index (χ2n) is 12.1. The first-order valence-electron chi connectivity index (χ1n) is 15.9. The second-order valence-corrected chi connectivity index (χ2v) is 12.1. The maximum absolute atomic E-state index is 2.42. The van der Waals surface area contributed by atoms with E-state index in [0.29, 0.717) is 0 Å². The van der Waals surface area contributed by atoms with Gasteiger partial charge in [-0.25, -0.2) is 0 Å². The minimum absolute atomic E-state index is 1.22. The Hall–Kier alpha value is -5.98. The number of benzene rings is 9. The van der Waals surface area contributed by atoms with Crippen molar-refractivity contribution in [3.05, 3.63) is 182 Å². The Bertz CT molecular complexity index is 2570. The van der Waals surface area contributed by atoms with Gasteiger partial charge in [0.1, 0.15) is 0 Å². The Morgan fingerprint density at radius 2 is 0.696 bits per heavy atom. The van der Waals surface area contributed by atoms with Crippen molar-refractivity contribution in [1.82, 2.24) is 0 Å². The second kappa shape index (κ2) is 10.9. The van der Waals surface area contributed by atoms with E-state index in [0.717, 1.165) is 0 Å². The summed E-state index contributed by atoms with van der Waals surface area (Å²) in [5, 5.41) is 10.1. The Labute approximate surface area is 268 Å². The highest BCUT2D eigenvalue weighted by molar-refractivity contribution is 6.23. The summed E-state index contributed by atoms with van der Waals surface area (Å²) in [5.41, 5.74) is 9.95. The minimum atomic E-state index is 1.22. The maximum Gasteiger partial charge on any atom is -0.00201 e. The molecular weight excluding hydrogens is 553 g/mol. The van der Waals surface area contributed by atoms with Crippen LogP contribution in [0.4, 0.5) is 0 Å². The van der Waals surface area contributed by atoms with E-state index in [1.165, 1.54) is 87.6 Å². The standard InChI is InChI=1S/C46H30/c1-2-14-33(15-3-1)39-18-8-9-19-40(39)46-42-21-11-10-20-41(42)45(38-25-23-32-13-5-7-17-35(32)29-38)44-30-37(26-27-43(44)46)36-24-22-31-12-4-6-16-34(31)28-36/h1-30H. The van der Waals surface area contributed by atoms with Crippen molar-refractivity contribution < 1.29 is 0 Å². The summed E-state index contributed by atoms with van der Waals surface area (Å²) in [4.78, 5) is 0. The van der Waals surface area contributed by atoms with Gasteiger partial charge in [0.25, 0.3) is 0 Å². The van der Waals surface area contributed by atoms with Crippen LogP contribution in [0.1, 0.15) is 0 Å². The van der Waals surface area contributed by atoms with Crippen molar-refractivity contribution in [3.63, 3.8) is 0 Å². The van der Waals surface area contributed by atoms with Gasteiger partial charge in [-0.15, -0.1) is 0 Å². The summed E-state index contributed by atoms with van der Waals surface area (Å²) >= 11 is 0. The maximum atomic E-state index is 2.42. The molecule has 9 aromatic rings. The third-order valence-electron chi connectivity index (χ3n) is 9.43. The van der Waals surface area contributed by atoms with Crippen LogP contribution in [0.25, 0.3) is 87.6 Å². The zero-order valence-electron chi connectivity index (χ0n) is 25.3. The van der Waals surface area contributed by atoms with Crippen molar-refractivity contribution >= 4 is 43.1 Å². The summed E-state index contributed by atoms with van der Waals surface area (Å²) in [6.45, 7) is 0. The van der Waals surface area contributed by atoms with E-state index >= 15 is 0 Å². The topological polar surface area (TPSA) is 0 Å². The molecule has 0 nitrogen and oxygen atoms in total. The third kappa shape index (κ3) is 4.38. The largest absolute Gasteiger partial charge is 0.0622 e. The molecule has 0 heteroatoms. The molecule has 0 atom stereocenters. The molecule has 0 saturated heterocycles. The van der Waals surface area contributed by atoms with Crippen LogP contribution in [0.5, 0.6) is 0 Å². The first-order valence-corrected chi connectivity index (χ1v) is 15.9. The Balaban J connectivity index is 1.40. The molecule has 0 unspecified atom stereocenters. The Morgan fingerprint density at radius 3 is 1.41 bits per heavy atom. The van der Waals surface area contributed by atoms with Gasteiger partial charge in [0.2, 0.25) is 0 Å². The van der Waals surface area contributed by atoms with Gasteiger partial charge in [0.05, 0.1) is 0 Å². The van der Waals surface area contributed by atoms with Crippen LogP contribution >= 0.6 is 0 Å². The van der Waals surface area contributed by atoms with Gasteiger partial charge in [0, 0.05) is 0 Å². The van der Waals surface area contributed by atoms with Gasteiger partial charge in [0.15, 0.2) is 0 Å². The fourth-order valence-electron chi connectivity index (χ4n) is 7.24. The predicted octanol–water partition coefficient (Wildman–Crippen LogP) is 13.0.